The van der Waals surface area contributed by atoms with Crippen LogP contribution in [0.4, 0.5) is 0 Å². The van der Waals surface area contributed by atoms with Crippen LogP contribution < -0.4 is 0 Å². The zero-order valence-corrected chi connectivity index (χ0v) is 28.6. The van der Waals surface area contributed by atoms with E-state index < -0.39 is 0 Å². The van der Waals surface area contributed by atoms with Gasteiger partial charge in [-0.2, -0.15) is 0 Å². The van der Waals surface area contributed by atoms with Crippen LogP contribution in [-0.2, 0) is 0 Å². The van der Waals surface area contributed by atoms with Gasteiger partial charge in [-0.1, -0.05) is 140 Å². The summed E-state index contributed by atoms with van der Waals surface area (Å²) in [6.45, 7) is 0. The number of benzene rings is 9. The van der Waals surface area contributed by atoms with Crippen molar-refractivity contribution in [1.82, 2.24) is 0 Å². The van der Waals surface area contributed by atoms with Gasteiger partial charge in [0.2, 0.25) is 0 Å². The molecule has 0 N–H and O–H groups in total. The van der Waals surface area contributed by atoms with E-state index in [-0.39, 0.29) is 0 Å². The van der Waals surface area contributed by atoms with Crippen molar-refractivity contribution in [2.45, 2.75) is 0 Å². The highest BCUT2D eigenvalue weighted by Gasteiger charge is 2.17. The third-order valence-corrected chi connectivity index (χ3v) is 12.9. The van der Waals surface area contributed by atoms with Gasteiger partial charge in [0, 0.05) is 30.9 Å². The molecule has 0 bridgehead atoms. The van der Waals surface area contributed by atoms with Crippen LogP contribution in [0.15, 0.2) is 170 Å². The molecule has 11 rings (SSSR count). The molecule has 0 fully saturated rings. The summed E-state index contributed by atoms with van der Waals surface area (Å²) >= 11 is 3.86. The monoisotopic (exact) mass is 668 g/mol. The van der Waals surface area contributed by atoms with E-state index in [2.05, 4.69) is 170 Å². The molecule has 0 aliphatic rings. The van der Waals surface area contributed by atoms with E-state index in [9.17, 15) is 0 Å². The largest absolute Gasteiger partial charge is 0.134 e. The molecule has 0 atom stereocenters. The molecule has 11 aromatic rings. The van der Waals surface area contributed by atoms with Gasteiger partial charge in [0.25, 0.3) is 0 Å². The fourth-order valence-corrected chi connectivity index (χ4v) is 10.7. The van der Waals surface area contributed by atoms with E-state index in [4.69, 9.17) is 0 Å². The van der Waals surface area contributed by atoms with E-state index in [0.717, 1.165) is 0 Å². The minimum absolute atomic E-state index is 1.23. The molecule has 2 aromatic heterocycles. The maximum Gasteiger partial charge on any atom is 0.0534 e. The van der Waals surface area contributed by atoms with E-state index in [1.54, 1.807) is 0 Å². The lowest BCUT2D eigenvalue weighted by atomic mass is 9.85. The van der Waals surface area contributed by atoms with Gasteiger partial charge >= 0.3 is 0 Å². The summed E-state index contributed by atoms with van der Waals surface area (Å²) in [5.74, 6) is 0. The molecule has 0 aliphatic heterocycles. The summed E-state index contributed by atoms with van der Waals surface area (Å²) in [6, 6.07) is 63.0. The van der Waals surface area contributed by atoms with Crippen molar-refractivity contribution >= 4 is 95.3 Å². The third-order valence-electron chi connectivity index (χ3n) is 10.4. The molecule has 0 aliphatic carbocycles. The Kier molecular flexibility index (Phi) is 6.09. The topological polar surface area (TPSA) is 0 Å². The Morgan fingerprint density at radius 1 is 0.260 bits per heavy atom. The van der Waals surface area contributed by atoms with Crippen LogP contribution in [0.2, 0.25) is 0 Å². The first-order valence-corrected chi connectivity index (χ1v) is 18.7. The van der Waals surface area contributed by atoms with Crippen LogP contribution in [0.25, 0.3) is 106 Å². The van der Waals surface area contributed by atoms with E-state index in [1.165, 1.54) is 106 Å². The van der Waals surface area contributed by atoms with Gasteiger partial charge in [0.15, 0.2) is 0 Å². The first kappa shape index (κ1) is 28.1. The average molecular weight is 669 g/mol. The molecule has 0 radical (unpaired) electrons. The fraction of sp³-hybridized carbons (Fsp3) is 0. The summed E-state index contributed by atoms with van der Waals surface area (Å²) in [5, 5.41) is 13.1. The Morgan fingerprint density at radius 3 is 1.52 bits per heavy atom. The highest BCUT2D eigenvalue weighted by Crippen LogP contribution is 2.46. The molecule has 232 valence electrons. The van der Waals surface area contributed by atoms with Crippen molar-refractivity contribution in [3.05, 3.63) is 170 Å². The van der Waals surface area contributed by atoms with Crippen molar-refractivity contribution in [2.75, 3.05) is 0 Å². The quantitative estimate of drug-likeness (QED) is 0.164. The Balaban J connectivity index is 1.08. The highest BCUT2D eigenvalue weighted by molar-refractivity contribution is 7.33. The zero-order valence-electron chi connectivity index (χ0n) is 27.0. The summed E-state index contributed by atoms with van der Waals surface area (Å²) in [4.78, 5) is 0. The lowest BCUT2D eigenvalue weighted by Gasteiger charge is -2.18. The molecule has 0 nitrogen and oxygen atoms in total. The van der Waals surface area contributed by atoms with Crippen molar-refractivity contribution in [2.24, 2.45) is 0 Å². The first-order valence-electron chi connectivity index (χ1n) is 17.1. The van der Waals surface area contributed by atoms with Crippen molar-refractivity contribution in [3.63, 3.8) is 0 Å². The van der Waals surface area contributed by atoms with Gasteiger partial charge in [-0.25, -0.2) is 0 Å². The molecule has 9 aromatic carbocycles. The molecule has 50 heavy (non-hydrogen) atoms. The van der Waals surface area contributed by atoms with Gasteiger partial charge in [0.05, 0.1) is 9.40 Å². The summed E-state index contributed by atoms with van der Waals surface area (Å²) < 4.78 is 5.51. The number of thiophene rings is 2. The average Bonchev–Trinajstić information content (AvgIpc) is 3.74. The Labute approximate surface area is 297 Å². The molecule has 2 heteroatoms. The smallest absolute Gasteiger partial charge is 0.0534 e. The van der Waals surface area contributed by atoms with Crippen LogP contribution >= 0.6 is 22.7 Å². The molecule has 0 saturated carbocycles. The minimum atomic E-state index is 1.23. The summed E-state index contributed by atoms with van der Waals surface area (Å²) in [7, 11) is 0. The van der Waals surface area contributed by atoms with Crippen LogP contribution in [0.3, 0.4) is 0 Å². The maximum atomic E-state index is 2.41. The number of fused-ring (bicyclic) bond motifs is 10. The number of hydrogen-bond acceptors (Lipinski definition) is 2. The number of hydrogen-bond donors (Lipinski definition) is 0. The van der Waals surface area contributed by atoms with Gasteiger partial charge < -0.3 is 0 Å². The SMILES string of the molecule is c1ccc(-c2c3ccccc3c(-c3cccc(-c4ccc5cc6c(cc5c4)sc4c6ccc5c6ccccc6sc54)c3)c3ccccc23)cc1. The Morgan fingerprint density at radius 2 is 0.800 bits per heavy atom. The highest BCUT2D eigenvalue weighted by atomic mass is 32.1. The molecule has 0 spiro atoms. The van der Waals surface area contributed by atoms with Gasteiger partial charge in [-0.15, -0.1) is 22.7 Å². The second kappa shape index (κ2) is 10.9. The van der Waals surface area contributed by atoms with Gasteiger partial charge in [-0.05, 0) is 96.0 Å². The second-order valence-electron chi connectivity index (χ2n) is 13.2. The van der Waals surface area contributed by atoms with E-state index in [0.29, 0.717) is 0 Å². The normalized spacial score (nSPS) is 12.0. The van der Waals surface area contributed by atoms with Crippen LogP contribution in [0, 0.1) is 0 Å². The van der Waals surface area contributed by atoms with Crippen LogP contribution in [0.1, 0.15) is 0 Å². The molecule has 2 heterocycles. The molecule has 0 unspecified atom stereocenters. The Hall–Kier alpha value is -5.80. The predicted molar refractivity (Wildman–Crippen MR) is 221 cm³/mol. The van der Waals surface area contributed by atoms with Crippen molar-refractivity contribution in [3.8, 4) is 33.4 Å². The summed E-state index contributed by atoms with van der Waals surface area (Å²) in [5.41, 5.74) is 7.54. The minimum Gasteiger partial charge on any atom is -0.134 e. The lowest BCUT2D eigenvalue weighted by molar-refractivity contribution is 1.63. The second-order valence-corrected chi connectivity index (χ2v) is 15.3. The van der Waals surface area contributed by atoms with Gasteiger partial charge in [0.1, 0.15) is 0 Å². The molecular formula is C48H28S2. The zero-order chi connectivity index (χ0) is 32.8. The molecule has 0 amide bonds. The molecular weight excluding hydrogens is 641 g/mol. The van der Waals surface area contributed by atoms with Crippen molar-refractivity contribution < 1.29 is 0 Å². The standard InChI is InChI=1S/C48H28S2/c1-2-11-29(12-3-1)45-36-16-4-6-18-38(36)46(39-19-7-5-17-37(39)45)33-14-10-13-30(25-33)31-21-22-32-27-42-41-24-23-40-35-15-8-9-20-43(35)49-47(40)48(41)50-44(42)28-34(32)26-31/h1-28H. The lowest BCUT2D eigenvalue weighted by Crippen LogP contribution is -1.91. The predicted octanol–water partition coefficient (Wildman–Crippen LogP) is 14.9. The van der Waals surface area contributed by atoms with Crippen LogP contribution in [-0.4, -0.2) is 0 Å². The van der Waals surface area contributed by atoms with E-state index in [1.807, 2.05) is 22.7 Å². The van der Waals surface area contributed by atoms with Crippen molar-refractivity contribution in [1.29, 1.82) is 0 Å². The fourth-order valence-electron chi connectivity index (χ4n) is 8.15. The third kappa shape index (κ3) is 4.16. The first-order chi connectivity index (χ1) is 24.8. The number of rotatable bonds is 3. The molecule has 0 saturated heterocycles. The maximum absolute atomic E-state index is 2.41. The van der Waals surface area contributed by atoms with Gasteiger partial charge in [-0.3, -0.25) is 0 Å². The Bertz CT molecular complexity index is 3080. The van der Waals surface area contributed by atoms with Crippen LogP contribution in [0.5, 0.6) is 0 Å². The van der Waals surface area contributed by atoms with E-state index >= 15 is 0 Å². The summed E-state index contributed by atoms with van der Waals surface area (Å²) in [6.07, 6.45) is 0.